The summed E-state index contributed by atoms with van der Waals surface area (Å²) in [5.41, 5.74) is -0.128. The molecule has 2 heterocycles. The molecular formula is C26H29ClN3O8P. The number of ether oxygens (including phenoxy) is 1. The summed E-state index contributed by atoms with van der Waals surface area (Å²) in [6.07, 6.45) is 5.71. The number of nitrogens with zero attached hydrogens (tertiary/aromatic N) is 2. The number of halogens is 1. The number of unbranched alkanes of at least 4 members (excludes halogenated alkanes) is 1. The second-order valence-corrected chi connectivity index (χ2v) is 11.7. The number of hydrogen-bond acceptors (Lipinski definition) is 8. The van der Waals surface area contributed by atoms with Gasteiger partial charge in [0.25, 0.3) is 5.56 Å². The van der Waals surface area contributed by atoms with E-state index >= 15 is 0 Å². The molecule has 2 aromatic rings. The molecule has 0 amide bonds. The first-order valence-corrected chi connectivity index (χ1v) is 14.4. The summed E-state index contributed by atoms with van der Waals surface area (Å²) in [5.74, 6) is -0.277. The van der Waals surface area contributed by atoms with Gasteiger partial charge < -0.3 is 4.74 Å². The van der Waals surface area contributed by atoms with Crippen LogP contribution in [0, 0.1) is 6.92 Å². The van der Waals surface area contributed by atoms with Gasteiger partial charge in [-0.1, -0.05) is 30.3 Å². The summed E-state index contributed by atoms with van der Waals surface area (Å²) in [7, 11) is -2.39. The topological polar surface area (TPSA) is 137 Å². The Morgan fingerprint density at radius 3 is 2.59 bits per heavy atom. The second kappa shape index (κ2) is 12.5. The minimum Gasteiger partial charge on any atom is -0.344 e. The van der Waals surface area contributed by atoms with E-state index in [-0.39, 0.29) is 29.3 Å². The first-order chi connectivity index (χ1) is 18.6. The molecule has 3 atom stereocenters. The molecule has 1 aromatic heterocycles. The van der Waals surface area contributed by atoms with Gasteiger partial charge in [-0.05, 0) is 39.0 Å². The Bertz CT molecular complexity index is 1480. The lowest BCUT2D eigenvalue weighted by molar-refractivity contribution is -0.0105. The van der Waals surface area contributed by atoms with E-state index in [2.05, 4.69) is 4.98 Å². The molecule has 4 rings (SSSR count). The van der Waals surface area contributed by atoms with Crippen LogP contribution in [0.25, 0.3) is 0 Å². The quantitative estimate of drug-likeness (QED) is 0.174. The minimum atomic E-state index is -3.96. The van der Waals surface area contributed by atoms with Crippen molar-refractivity contribution in [2.45, 2.75) is 32.1 Å². The largest absolute Gasteiger partial charge is 0.408 e. The number of benzene rings is 1. The molecule has 0 saturated carbocycles. The number of fused-ring (bicyclic) bond motifs is 1. The predicted molar refractivity (Wildman–Crippen MR) is 144 cm³/mol. The highest BCUT2D eigenvalue weighted by Crippen LogP contribution is 2.52. The Morgan fingerprint density at radius 2 is 1.85 bits per heavy atom. The van der Waals surface area contributed by atoms with E-state index in [0.717, 1.165) is 0 Å². The van der Waals surface area contributed by atoms with Crippen molar-refractivity contribution < 1.29 is 27.9 Å². The lowest BCUT2D eigenvalue weighted by atomic mass is 9.90. The van der Waals surface area contributed by atoms with Crippen molar-refractivity contribution in [3.05, 3.63) is 91.8 Å². The number of aromatic nitrogens is 2. The van der Waals surface area contributed by atoms with Crippen molar-refractivity contribution >= 4 is 30.9 Å². The van der Waals surface area contributed by atoms with Crippen LogP contribution in [0.1, 0.15) is 45.3 Å². The van der Waals surface area contributed by atoms with Crippen LogP contribution in [-0.4, -0.2) is 64.6 Å². The normalized spacial score (nSPS) is 20.3. The highest BCUT2D eigenvalue weighted by atomic mass is 35.5. The molecule has 0 saturated heterocycles. The van der Waals surface area contributed by atoms with Crippen molar-refractivity contribution in [1.82, 2.24) is 14.2 Å². The Kier molecular flexibility index (Phi) is 9.32. The van der Waals surface area contributed by atoms with E-state index in [1.54, 1.807) is 50.4 Å². The summed E-state index contributed by atoms with van der Waals surface area (Å²) in [6, 6.07) is 6.48. The van der Waals surface area contributed by atoms with Crippen molar-refractivity contribution in [1.29, 1.82) is 0 Å². The molecule has 13 heteroatoms. The Balaban J connectivity index is 1.45. The van der Waals surface area contributed by atoms with Gasteiger partial charge in [0.1, 0.15) is 6.10 Å². The van der Waals surface area contributed by atoms with Crippen LogP contribution in [-0.2, 0) is 18.3 Å². The smallest absolute Gasteiger partial charge is 0.344 e. The fourth-order valence-electron chi connectivity index (χ4n) is 4.11. The first kappa shape index (κ1) is 29.1. The van der Waals surface area contributed by atoms with Crippen molar-refractivity contribution in [3.8, 4) is 0 Å². The summed E-state index contributed by atoms with van der Waals surface area (Å²) in [5, 5.41) is 0. The highest BCUT2D eigenvalue weighted by molar-refractivity contribution is 7.51. The van der Waals surface area contributed by atoms with Gasteiger partial charge in [-0.15, -0.1) is 11.6 Å². The number of allylic oxidation sites excluding steroid dienone is 1. The molecule has 0 radical (unpaired) electrons. The number of carbonyl (C=O) groups is 2. The van der Waals surface area contributed by atoms with Gasteiger partial charge in [-0.3, -0.25) is 33.0 Å². The minimum absolute atomic E-state index is 0.0709. The van der Waals surface area contributed by atoms with E-state index in [9.17, 15) is 23.7 Å². The molecule has 11 nitrogen and oxygen atoms in total. The van der Waals surface area contributed by atoms with E-state index < -0.39 is 37.9 Å². The van der Waals surface area contributed by atoms with E-state index in [0.29, 0.717) is 36.4 Å². The van der Waals surface area contributed by atoms with Crippen LogP contribution in [0.2, 0.25) is 0 Å². The zero-order chi connectivity index (χ0) is 28.2. The molecule has 3 unspecified atom stereocenters. The Morgan fingerprint density at radius 1 is 1.10 bits per heavy atom. The van der Waals surface area contributed by atoms with Crippen LogP contribution >= 0.6 is 19.3 Å². The lowest BCUT2D eigenvalue weighted by Crippen LogP contribution is -2.33. The molecule has 2 aliphatic rings. The zero-order valence-electron chi connectivity index (χ0n) is 21.5. The highest BCUT2D eigenvalue weighted by Gasteiger charge is 2.35. The number of rotatable bonds is 12. The molecule has 0 spiro atoms. The molecular weight excluding hydrogens is 549 g/mol. The summed E-state index contributed by atoms with van der Waals surface area (Å²) < 4.78 is 33.9. The van der Waals surface area contributed by atoms with Gasteiger partial charge >= 0.3 is 13.4 Å². The Labute approximate surface area is 229 Å². The molecule has 39 heavy (non-hydrogen) atoms. The third kappa shape index (κ3) is 6.63. The van der Waals surface area contributed by atoms with Gasteiger partial charge in [0, 0.05) is 40.9 Å². The average Bonchev–Trinajstić information content (AvgIpc) is 3.40. The summed E-state index contributed by atoms with van der Waals surface area (Å²) in [6.45, 7) is 1.33. The number of Topliss-reactive ketones (excluding diaryl/α,β-unsaturated/α-hetero) is 1. The fourth-order valence-corrected chi connectivity index (χ4v) is 5.79. The molecule has 0 bridgehead atoms. The number of aromatic amines is 1. The van der Waals surface area contributed by atoms with Gasteiger partial charge in [-0.25, -0.2) is 14.0 Å². The fraction of sp³-hybridized carbons (Fsp3) is 0.385. The van der Waals surface area contributed by atoms with Crippen LogP contribution in [0.3, 0.4) is 0 Å². The maximum atomic E-state index is 13.9. The van der Waals surface area contributed by atoms with Crippen molar-refractivity contribution in [2.75, 3.05) is 32.7 Å². The third-order valence-corrected chi connectivity index (χ3v) is 8.56. The van der Waals surface area contributed by atoms with Crippen molar-refractivity contribution in [2.24, 2.45) is 0 Å². The number of carbonyl (C=O) groups excluding carboxylic acids is 2. The molecule has 1 N–H and O–H groups in total. The van der Waals surface area contributed by atoms with Crippen molar-refractivity contribution in [3.63, 3.8) is 0 Å². The molecule has 0 fully saturated rings. The standard InChI is InChI=1S/C26H29ClN3O8P/c1-17-14-30(26(34)28-25(17)33)23-10-9-19(38-23)16-37-39(35,29(2)12-6-5-11-27)36-15-18-13-22(31)20-7-3-4-8-21(20)24(18)32/h3-4,7-10,13-14,19,23H,5-6,11-12,15-16H2,1-2H3,(H,28,33,34). The summed E-state index contributed by atoms with van der Waals surface area (Å²) >= 11 is 5.78. The predicted octanol–water partition coefficient (Wildman–Crippen LogP) is 3.40. The summed E-state index contributed by atoms with van der Waals surface area (Å²) in [4.78, 5) is 51.5. The maximum Gasteiger partial charge on any atom is 0.408 e. The van der Waals surface area contributed by atoms with Crippen LogP contribution in [0.15, 0.2) is 63.9 Å². The van der Waals surface area contributed by atoms with Gasteiger partial charge in [0.2, 0.25) is 0 Å². The van der Waals surface area contributed by atoms with Gasteiger partial charge in [0.15, 0.2) is 17.8 Å². The SMILES string of the molecule is Cc1cn(C2C=CC(COP(=O)(OCC3=CC(=O)c4ccccc4C3=O)N(C)CCCCCl)O2)c(=O)[nH]c1=O. The third-order valence-electron chi connectivity index (χ3n) is 6.33. The number of nitrogens with one attached hydrogen (secondary N) is 1. The van der Waals surface area contributed by atoms with E-state index in [1.165, 1.54) is 21.5 Å². The number of ketones is 2. The number of aryl methyl sites for hydroxylation is 1. The maximum absolute atomic E-state index is 13.9. The van der Waals surface area contributed by atoms with E-state index in [4.69, 9.17) is 25.4 Å². The lowest BCUT2D eigenvalue weighted by Gasteiger charge is -2.28. The van der Waals surface area contributed by atoms with Crippen LogP contribution < -0.4 is 11.2 Å². The number of alkyl halides is 1. The zero-order valence-corrected chi connectivity index (χ0v) is 23.2. The number of H-pyrrole nitrogens is 1. The van der Waals surface area contributed by atoms with Crippen LogP contribution in [0.5, 0.6) is 0 Å². The molecule has 1 aliphatic carbocycles. The number of hydrogen-bond donors (Lipinski definition) is 1. The van der Waals surface area contributed by atoms with Gasteiger partial charge in [-0.2, -0.15) is 0 Å². The monoisotopic (exact) mass is 577 g/mol. The first-order valence-electron chi connectivity index (χ1n) is 12.3. The molecule has 1 aromatic carbocycles. The molecule has 208 valence electrons. The molecule has 1 aliphatic heterocycles. The van der Waals surface area contributed by atoms with Gasteiger partial charge in [0.05, 0.1) is 13.2 Å². The average molecular weight is 578 g/mol. The Hall–Kier alpha value is -2.92. The van der Waals surface area contributed by atoms with E-state index in [1.807, 2.05) is 0 Å². The van der Waals surface area contributed by atoms with Crippen LogP contribution in [0.4, 0.5) is 0 Å². The second-order valence-electron chi connectivity index (χ2n) is 9.15.